The summed E-state index contributed by atoms with van der Waals surface area (Å²) in [5, 5.41) is 31.4. The molecule has 0 aliphatic carbocycles. The number of hydrogen-bond acceptors (Lipinski definition) is 6. The summed E-state index contributed by atoms with van der Waals surface area (Å²) in [4.78, 5) is 24.0. The maximum Gasteiger partial charge on any atom is 0.263 e. The van der Waals surface area contributed by atoms with E-state index in [4.69, 9.17) is 9.84 Å². The lowest BCUT2D eigenvalue weighted by molar-refractivity contribution is -0.154. The number of rotatable bonds is 12. The Hall–Kier alpha value is -1.28. The number of aliphatic hydroxyl groups is 3. The van der Waals surface area contributed by atoms with Gasteiger partial charge in [0.05, 0.1) is 18.8 Å². The monoisotopic (exact) mass is 377 g/mol. The van der Waals surface area contributed by atoms with E-state index >= 15 is 0 Å². The van der Waals surface area contributed by atoms with E-state index in [0.717, 1.165) is 18.9 Å². The van der Waals surface area contributed by atoms with E-state index in [1.807, 2.05) is 0 Å². The molecule has 0 bridgehead atoms. The molecule has 2 rings (SSSR count). The number of nitrogens with one attached hydrogen (secondary N) is 1. The van der Waals surface area contributed by atoms with Crippen molar-refractivity contribution in [1.82, 2.24) is 5.32 Å². The zero-order chi connectivity index (χ0) is 19.2. The fraction of sp³-hybridized carbons (Fsp3) is 0.789. The molecule has 2 aliphatic heterocycles. The number of carbonyl (C=O) groups excluding carboxylic acids is 2. The fourth-order valence-electron chi connectivity index (χ4n) is 3.36. The molecule has 0 aromatic rings. The average molecular weight is 377 g/mol. The molecule has 2 aliphatic rings. The molecule has 0 radical (unpaired) electrons. The Morgan fingerprint density at radius 2 is 1.88 bits per heavy atom. The number of aliphatic hydroxyl groups excluding tert-OH is 2. The zero-order valence-corrected chi connectivity index (χ0v) is 15.4. The third kappa shape index (κ3) is 4.91. The van der Waals surface area contributed by atoms with Gasteiger partial charge in [-0.25, -0.2) is 0 Å². The normalized spacial score (nSPS) is 33.6. The van der Waals surface area contributed by atoms with Crippen LogP contribution in [0.2, 0.25) is 0 Å². The van der Waals surface area contributed by atoms with E-state index in [2.05, 4.69) is 12.2 Å². The van der Waals surface area contributed by atoms with Crippen LogP contribution in [0.3, 0.4) is 0 Å². The number of amides is 1. The van der Waals surface area contributed by atoms with E-state index in [9.17, 15) is 19.8 Å². The van der Waals surface area contributed by atoms with Gasteiger partial charge in [-0.05, 0) is 18.6 Å². The zero-order valence-electron chi connectivity index (χ0n) is 15.4. The summed E-state index contributed by atoms with van der Waals surface area (Å²) in [6, 6.07) is -1.05. The minimum Gasteiger partial charge on any atom is -0.394 e. The summed E-state index contributed by atoms with van der Waals surface area (Å²) in [7, 11) is 0. The highest BCUT2D eigenvalue weighted by Gasteiger charge is 2.58. The fourth-order valence-corrected chi connectivity index (χ4v) is 3.36. The minimum absolute atomic E-state index is 0.0804. The summed E-state index contributed by atoms with van der Waals surface area (Å²) in [6.45, 7) is 1.64. The third-order valence-corrected chi connectivity index (χ3v) is 5.20. The van der Waals surface area contributed by atoms with Gasteiger partial charge in [0.15, 0.2) is 5.78 Å². The van der Waals surface area contributed by atoms with Crippen molar-refractivity contribution in [2.24, 2.45) is 0 Å². The topological polar surface area (TPSA) is 119 Å². The first-order chi connectivity index (χ1) is 12.4. The van der Waals surface area contributed by atoms with Gasteiger partial charge in [0, 0.05) is 0 Å². The van der Waals surface area contributed by atoms with Crippen molar-refractivity contribution >= 4 is 11.7 Å². The van der Waals surface area contributed by atoms with Gasteiger partial charge in [-0.15, -0.1) is 0 Å². The highest BCUT2D eigenvalue weighted by Crippen LogP contribution is 2.30. The molecule has 7 heteroatoms. The molecule has 0 aromatic carbocycles. The Labute approximate surface area is 154 Å². The van der Waals surface area contributed by atoms with Gasteiger partial charge in [-0.3, -0.25) is 9.59 Å². The molecule has 7 nitrogen and oxygen atoms in total. The number of ketones is 1. The lowest BCUT2D eigenvalue weighted by Crippen LogP contribution is -2.52. The predicted octanol–water partition coefficient (Wildman–Crippen LogP) is 0.602. The first kappa shape index (κ1) is 21.0. The van der Waals surface area contributed by atoms with Crippen molar-refractivity contribution in [2.45, 2.75) is 88.2 Å². The second-order valence-electron chi connectivity index (χ2n) is 7.25. The van der Waals surface area contributed by atoms with E-state index in [1.54, 1.807) is 0 Å². The first-order valence-electron chi connectivity index (χ1n) is 9.65. The molecule has 2 heterocycles. The van der Waals surface area contributed by atoms with Crippen LogP contribution in [0.25, 0.3) is 0 Å². The smallest absolute Gasteiger partial charge is 0.263 e. The quantitative estimate of drug-likeness (QED) is 0.130. The number of carbonyl (C=O) groups is 2. The molecule has 0 saturated carbocycles. The molecule has 2 fully saturated rings. The maximum absolute atomic E-state index is 12.2. The van der Waals surface area contributed by atoms with Crippen LogP contribution in [0.15, 0.2) is 12.2 Å². The van der Waals surface area contributed by atoms with Gasteiger partial charge < -0.3 is 25.4 Å². The number of hydrogen-bond donors (Lipinski definition) is 4. The molecule has 0 aromatic heterocycles. The van der Waals surface area contributed by atoms with Crippen molar-refractivity contribution in [3.05, 3.63) is 12.2 Å². The van der Waals surface area contributed by atoms with Crippen molar-refractivity contribution in [3.8, 4) is 0 Å². The van der Waals surface area contributed by atoms with Crippen molar-refractivity contribution < 1.29 is 29.6 Å². The summed E-state index contributed by atoms with van der Waals surface area (Å²) in [6.07, 6.45) is 10.4. The van der Waals surface area contributed by atoms with Crippen LogP contribution in [0.5, 0.6) is 0 Å². The standard InChI is InChI=1S/C19H31NO6/c1-2-3-4-5-6-7-8-9-14-15(26-14)10-11-16(22)19(25)17(23)13(12-21)20-18(19)24/h10-11,13-15,17,21,23,25H,2-9,12H2,1H3,(H,20,24)/b11-10+/t13-,14-,15-,17-,19+/m0/s1/i1+1,3+1,5+1,7+1,9+1,11+1,15+1,19+1. The lowest BCUT2D eigenvalue weighted by atomic mass is 10.2. The summed E-state index contributed by atoms with van der Waals surface area (Å²) in [5.41, 5.74) is -2.55. The van der Waals surface area contributed by atoms with Crippen LogP contribution in [-0.4, -0.2) is 63.6 Å². The van der Waals surface area contributed by atoms with Crippen LogP contribution in [0.1, 0.15) is 58.3 Å². The SMILES string of the molecule is [13CH3]C[13CH2]C[13CH2]C[13CH2]C[13CH2][C@@H]1O[13C@H]1/C=[13CH]/C(=O)[13C@]1(O)C(=O)N[C@@H](CO)[C@@H]1O. The average Bonchev–Trinajstić information content (AvgIpc) is 3.35. The van der Waals surface area contributed by atoms with Crippen LogP contribution < -0.4 is 5.32 Å². The molecule has 26 heavy (non-hydrogen) atoms. The van der Waals surface area contributed by atoms with Crippen LogP contribution in [0.4, 0.5) is 0 Å². The Morgan fingerprint density at radius 1 is 1.23 bits per heavy atom. The van der Waals surface area contributed by atoms with Crippen molar-refractivity contribution in [3.63, 3.8) is 0 Å². The number of ether oxygens (including phenoxy) is 1. The van der Waals surface area contributed by atoms with Crippen molar-refractivity contribution in [2.75, 3.05) is 6.61 Å². The Morgan fingerprint density at radius 3 is 2.50 bits per heavy atom. The Kier molecular flexibility index (Phi) is 7.76. The Balaban J connectivity index is 1.69. The molecule has 0 spiro atoms. The third-order valence-electron chi connectivity index (χ3n) is 5.20. The van der Waals surface area contributed by atoms with E-state index in [-0.39, 0.29) is 12.2 Å². The highest BCUT2D eigenvalue weighted by molar-refractivity contribution is 6.16. The van der Waals surface area contributed by atoms with Gasteiger partial charge in [0.25, 0.3) is 5.91 Å². The van der Waals surface area contributed by atoms with Crippen LogP contribution in [-0.2, 0) is 14.3 Å². The van der Waals surface area contributed by atoms with E-state index < -0.39 is 36.0 Å². The molecular formula is C19H31NO6. The molecule has 5 atom stereocenters. The number of unbranched alkanes of at least 4 members (excludes halogenated alkanes) is 6. The summed E-state index contributed by atoms with van der Waals surface area (Å²) >= 11 is 0. The summed E-state index contributed by atoms with van der Waals surface area (Å²) in [5.74, 6) is -1.89. The molecule has 4 N–H and O–H groups in total. The second-order valence-corrected chi connectivity index (χ2v) is 7.25. The molecule has 0 unspecified atom stereocenters. The summed E-state index contributed by atoms with van der Waals surface area (Å²) < 4.78 is 5.48. The lowest BCUT2D eigenvalue weighted by Gasteiger charge is -2.21. The minimum atomic E-state index is -2.55. The Bertz CT molecular complexity index is 522. The van der Waals surface area contributed by atoms with Gasteiger partial charge in [0.1, 0.15) is 12.2 Å². The van der Waals surface area contributed by atoms with E-state index in [0.29, 0.717) is 0 Å². The van der Waals surface area contributed by atoms with Gasteiger partial charge in [0.2, 0.25) is 5.60 Å². The second kappa shape index (κ2) is 9.60. The largest absolute Gasteiger partial charge is 0.394 e. The molecular weight excluding hydrogens is 346 g/mol. The molecule has 1 amide bonds. The highest BCUT2D eigenvalue weighted by atomic mass is 16.7. The van der Waals surface area contributed by atoms with E-state index in [1.165, 1.54) is 44.6 Å². The van der Waals surface area contributed by atoms with Crippen molar-refractivity contribution in [1.29, 1.82) is 0 Å². The van der Waals surface area contributed by atoms with Gasteiger partial charge >= 0.3 is 0 Å². The number of epoxide rings is 1. The van der Waals surface area contributed by atoms with Gasteiger partial charge in [-0.2, -0.15) is 0 Å². The van der Waals surface area contributed by atoms with Gasteiger partial charge in [-0.1, -0.05) is 51.9 Å². The van der Waals surface area contributed by atoms with Crippen LogP contribution in [0, 0.1) is 0 Å². The molecule has 148 valence electrons. The van der Waals surface area contributed by atoms with Crippen LogP contribution >= 0.6 is 0 Å². The molecule has 2 saturated heterocycles. The first-order valence-corrected chi connectivity index (χ1v) is 9.65. The maximum atomic E-state index is 12.2. The predicted molar refractivity (Wildman–Crippen MR) is 95.4 cm³/mol.